The molecule has 10 heteroatoms. The maximum atomic E-state index is 13.0. The van der Waals surface area contributed by atoms with Gasteiger partial charge in [-0.25, -0.2) is 14.8 Å². The Morgan fingerprint density at radius 1 is 1.20 bits per heavy atom. The average molecular weight is 474 g/mol. The van der Waals surface area contributed by atoms with E-state index in [-0.39, 0.29) is 43.2 Å². The summed E-state index contributed by atoms with van der Waals surface area (Å²) in [6.07, 6.45) is 1.39. The lowest BCUT2D eigenvalue weighted by Crippen LogP contribution is -2.45. The van der Waals surface area contributed by atoms with Crippen molar-refractivity contribution in [3.05, 3.63) is 56.3 Å². The topological polar surface area (TPSA) is 113 Å². The van der Waals surface area contributed by atoms with Crippen molar-refractivity contribution in [1.82, 2.24) is 14.5 Å². The van der Waals surface area contributed by atoms with Crippen LogP contribution in [0.4, 0.5) is 0 Å². The molecule has 2 aliphatic heterocycles. The molecule has 0 aliphatic carbocycles. The average Bonchev–Trinajstić information content (AvgIpc) is 3.18. The SMILES string of the molecule is CC[C@@]1(O)C(=O)OCc2c1ncn(Cc1cc3cc4c(cc3nc1Br)OCO4)c2=O. The molecule has 0 bridgehead atoms. The van der Waals surface area contributed by atoms with Crippen LogP contribution in [0.2, 0.25) is 0 Å². The van der Waals surface area contributed by atoms with Crippen molar-refractivity contribution in [2.24, 2.45) is 0 Å². The van der Waals surface area contributed by atoms with Crippen LogP contribution in [0, 0.1) is 0 Å². The number of fused-ring (bicyclic) bond motifs is 3. The van der Waals surface area contributed by atoms with Crippen molar-refractivity contribution in [2.75, 3.05) is 6.79 Å². The Balaban J connectivity index is 1.56. The van der Waals surface area contributed by atoms with Gasteiger partial charge in [0, 0.05) is 17.0 Å². The van der Waals surface area contributed by atoms with Crippen molar-refractivity contribution in [2.45, 2.75) is 32.1 Å². The standard InChI is InChI=1S/C20H16BrN3O6/c1-2-20(27)16-12(7-28-19(20)26)18(25)24(8-22-16)6-11-3-10-4-14-15(30-9-29-14)5-13(10)23-17(11)21/h3-5,8,27H,2,6-7,9H2,1H3/t20-/m0/s1. The van der Waals surface area contributed by atoms with E-state index in [1.165, 1.54) is 10.9 Å². The number of carbonyl (C=O) groups is 1. The molecule has 4 heterocycles. The lowest BCUT2D eigenvalue weighted by atomic mass is 9.91. The number of aliphatic hydroxyl groups is 1. The van der Waals surface area contributed by atoms with Crippen LogP contribution in [0.3, 0.4) is 0 Å². The van der Waals surface area contributed by atoms with Gasteiger partial charge in [-0.2, -0.15) is 0 Å². The second-order valence-electron chi connectivity index (χ2n) is 7.13. The fourth-order valence-electron chi connectivity index (χ4n) is 3.68. The molecule has 0 fully saturated rings. The van der Waals surface area contributed by atoms with Crippen LogP contribution in [-0.2, 0) is 28.3 Å². The first kappa shape index (κ1) is 19.0. The highest BCUT2D eigenvalue weighted by Crippen LogP contribution is 2.36. The summed E-state index contributed by atoms with van der Waals surface area (Å²) in [4.78, 5) is 33.8. The first-order chi connectivity index (χ1) is 14.4. The number of rotatable bonds is 3. The molecule has 5 rings (SSSR count). The highest BCUT2D eigenvalue weighted by atomic mass is 79.9. The second kappa shape index (κ2) is 6.78. The van der Waals surface area contributed by atoms with Crippen molar-refractivity contribution in [1.29, 1.82) is 0 Å². The van der Waals surface area contributed by atoms with Crippen molar-refractivity contribution in [3.8, 4) is 11.5 Å². The molecular weight excluding hydrogens is 458 g/mol. The van der Waals surface area contributed by atoms with Crippen LogP contribution in [0.1, 0.15) is 30.2 Å². The molecule has 1 aromatic carbocycles. The number of esters is 1. The molecule has 1 atom stereocenters. The highest BCUT2D eigenvalue weighted by molar-refractivity contribution is 9.10. The van der Waals surface area contributed by atoms with Crippen molar-refractivity contribution < 1.29 is 24.1 Å². The molecular formula is C20H16BrN3O6. The van der Waals surface area contributed by atoms with E-state index in [0.29, 0.717) is 16.1 Å². The second-order valence-corrected chi connectivity index (χ2v) is 7.88. The predicted octanol–water partition coefficient (Wildman–Crippen LogP) is 1.99. The minimum absolute atomic E-state index is 0.0610. The van der Waals surface area contributed by atoms with E-state index in [1.807, 2.05) is 12.1 Å². The Hall–Kier alpha value is -2.98. The van der Waals surface area contributed by atoms with Gasteiger partial charge in [-0.15, -0.1) is 0 Å². The third-order valence-corrected chi connectivity index (χ3v) is 6.08. The first-order valence-corrected chi connectivity index (χ1v) is 10.1. The maximum absolute atomic E-state index is 13.0. The zero-order chi connectivity index (χ0) is 21.0. The summed E-state index contributed by atoms with van der Waals surface area (Å²) >= 11 is 3.46. The van der Waals surface area contributed by atoms with E-state index in [2.05, 4.69) is 25.9 Å². The molecule has 2 aliphatic rings. The lowest BCUT2D eigenvalue weighted by Gasteiger charge is -2.30. The van der Waals surface area contributed by atoms with E-state index in [1.54, 1.807) is 13.0 Å². The fraction of sp³-hybridized carbons (Fsp3) is 0.300. The smallest absolute Gasteiger partial charge is 0.344 e. The molecule has 0 radical (unpaired) electrons. The molecule has 1 N–H and O–H groups in total. The van der Waals surface area contributed by atoms with E-state index >= 15 is 0 Å². The number of ether oxygens (including phenoxy) is 3. The lowest BCUT2D eigenvalue weighted by molar-refractivity contribution is -0.173. The van der Waals surface area contributed by atoms with Crippen LogP contribution >= 0.6 is 15.9 Å². The fourth-order valence-corrected chi connectivity index (χ4v) is 4.11. The van der Waals surface area contributed by atoms with Gasteiger partial charge >= 0.3 is 5.97 Å². The van der Waals surface area contributed by atoms with E-state index < -0.39 is 11.6 Å². The maximum Gasteiger partial charge on any atom is 0.344 e. The number of benzene rings is 1. The zero-order valence-corrected chi connectivity index (χ0v) is 17.4. The summed E-state index contributed by atoms with van der Waals surface area (Å²) in [7, 11) is 0. The van der Waals surface area contributed by atoms with E-state index in [4.69, 9.17) is 14.2 Å². The van der Waals surface area contributed by atoms with Crippen LogP contribution in [0.5, 0.6) is 11.5 Å². The van der Waals surface area contributed by atoms with Crippen LogP contribution in [0.15, 0.2) is 33.9 Å². The van der Waals surface area contributed by atoms with Crippen LogP contribution in [0.25, 0.3) is 10.9 Å². The van der Waals surface area contributed by atoms with Crippen LogP contribution in [-0.4, -0.2) is 32.4 Å². The highest BCUT2D eigenvalue weighted by Gasteiger charge is 2.45. The number of carbonyl (C=O) groups excluding carboxylic acids is 1. The monoisotopic (exact) mass is 473 g/mol. The predicted molar refractivity (Wildman–Crippen MR) is 107 cm³/mol. The van der Waals surface area contributed by atoms with Gasteiger partial charge in [-0.1, -0.05) is 6.92 Å². The van der Waals surface area contributed by atoms with Gasteiger partial charge < -0.3 is 19.3 Å². The zero-order valence-electron chi connectivity index (χ0n) is 15.8. The molecule has 9 nitrogen and oxygen atoms in total. The molecule has 0 amide bonds. The molecule has 0 spiro atoms. The van der Waals surface area contributed by atoms with Gasteiger partial charge in [0.15, 0.2) is 11.5 Å². The van der Waals surface area contributed by atoms with Gasteiger partial charge in [0.1, 0.15) is 11.2 Å². The summed E-state index contributed by atoms with van der Waals surface area (Å²) in [5.74, 6) is 0.496. The summed E-state index contributed by atoms with van der Waals surface area (Å²) in [5.41, 5.74) is -0.563. The molecule has 2 aromatic heterocycles. The number of nitrogens with zero attached hydrogens (tertiary/aromatic N) is 3. The van der Waals surface area contributed by atoms with Gasteiger partial charge in [0.2, 0.25) is 12.4 Å². The Bertz CT molecular complexity index is 1270. The van der Waals surface area contributed by atoms with Gasteiger partial charge in [0.05, 0.1) is 29.6 Å². The Morgan fingerprint density at radius 2 is 1.97 bits per heavy atom. The number of pyridine rings is 1. The number of cyclic esters (lactones) is 1. The van der Waals surface area contributed by atoms with Gasteiger partial charge in [-0.3, -0.25) is 9.36 Å². The minimum atomic E-state index is -1.90. The Labute approximate surface area is 178 Å². The number of halogens is 1. The first-order valence-electron chi connectivity index (χ1n) is 9.28. The summed E-state index contributed by atoms with van der Waals surface area (Å²) in [5, 5.41) is 11.5. The quantitative estimate of drug-likeness (QED) is 0.453. The third kappa shape index (κ3) is 2.78. The van der Waals surface area contributed by atoms with Crippen LogP contribution < -0.4 is 15.0 Å². The minimum Gasteiger partial charge on any atom is -0.458 e. The van der Waals surface area contributed by atoms with Crippen molar-refractivity contribution in [3.63, 3.8) is 0 Å². The largest absolute Gasteiger partial charge is 0.458 e. The van der Waals surface area contributed by atoms with E-state index in [0.717, 1.165) is 16.5 Å². The number of hydrogen-bond acceptors (Lipinski definition) is 8. The number of aromatic nitrogens is 3. The summed E-state index contributed by atoms with van der Waals surface area (Å²) in [6.45, 7) is 1.77. The molecule has 3 aromatic rings. The van der Waals surface area contributed by atoms with E-state index in [9.17, 15) is 14.7 Å². The molecule has 0 unspecified atom stereocenters. The summed E-state index contributed by atoms with van der Waals surface area (Å²) in [6, 6.07) is 5.55. The molecule has 30 heavy (non-hydrogen) atoms. The normalized spacial score (nSPS) is 19.6. The molecule has 154 valence electrons. The van der Waals surface area contributed by atoms with Crippen molar-refractivity contribution >= 4 is 32.8 Å². The number of hydrogen-bond donors (Lipinski definition) is 1. The Kier molecular flexibility index (Phi) is 4.30. The molecule has 0 saturated carbocycles. The van der Waals surface area contributed by atoms with Gasteiger partial charge in [0.25, 0.3) is 5.56 Å². The van der Waals surface area contributed by atoms with Gasteiger partial charge in [-0.05, 0) is 34.5 Å². The third-order valence-electron chi connectivity index (χ3n) is 5.40. The summed E-state index contributed by atoms with van der Waals surface area (Å²) < 4.78 is 17.8. The Morgan fingerprint density at radius 3 is 2.73 bits per heavy atom. The molecule has 0 saturated heterocycles.